The summed E-state index contributed by atoms with van der Waals surface area (Å²) >= 11 is 0. The molecule has 0 aromatic heterocycles. The van der Waals surface area contributed by atoms with E-state index in [1.54, 1.807) is 6.08 Å². The van der Waals surface area contributed by atoms with Gasteiger partial charge in [0, 0.05) is 6.42 Å². The van der Waals surface area contributed by atoms with Gasteiger partial charge < -0.3 is 28.8 Å². The molecular formula is C39H77N2O6P. The summed E-state index contributed by atoms with van der Waals surface area (Å²) < 4.78 is 23.0. The molecular weight excluding hydrogens is 623 g/mol. The van der Waals surface area contributed by atoms with Crippen molar-refractivity contribution in [1.82, 2.24) is 5.32 Å². The minimum Gasteiger partial charge on any atom is -0.756 e. The van der Waals surface area contributed by atoms with Crippen LogP contribution in [0.25, 0.3) is 0 Å². The zero-order valence-electron chi connectivity index (χ0n) is 31.9. The Bertz CT molecular complexity index is 845. The number of carbonyl (C=O) groups is 1. The number of aliphatic hydroxyl groups excluding tert-OH is 1. The van der Waals surface area contributed by atoms with Crippen molar-refractivity contribution in [1.29, 1.82) is 0 Å². The Labute approximate surface area is 296 Å². The SMILES string of the molecule is CCCCCCCCCCCCCC/C=C/CC/C=C/C(O)C(COP(=O)([O-])OCC[N+](C)(C)C)NC(=O)CCCCCCCCCC. The molecule has 0 radical (unpaired) electrons. The van der Waals surface area contributed by atoms with Crippen LogP contribution in [0.4, 0.5) is 0 Å². The van der Waals surface area contributed by atoms with Gasteiger partial charge in [0.05, 0.1) is 39.9 Å². The Morgan fingerprint density at radius 2 is 1.17 bits per heavy atom. The van der Waals surface area contributed by atoms with Crippen molar-refractivity contribution in [2.45, 2.75) is 180 Å². The summed E-state index contributed by atoms with van der Waals surface area (Å²) in [5.41, 5.74) is 0. The lowest BCUT2D eigenvalue weighted by Crippen LogP contribution is -2.45. The summed E-state index contributed by atoms with van der Waals surface area (Å²) in [7, 11) is 1.24. The van der Waals surface area contributed by atoms with E-state index in [1.165, 1.54) is 109 Å². The minimum atomic E-state index is -4.58. The Balaban J connectivity index is 4.48. The fourth-order valence-electron chi connectivity index (χ4n) is 5.46. The molecule has 3 atom stereocenters. The highest BCUT2D eigenvalue weighted by atomic mass is 31.2. The van der Waals surface area contributed by atoms with E-state index in [-0.39, 0.29) is 12.5 Å². The van der Waals surface area contributed by atoms with Crippen molar-refractivity contribution in [3.63, 3.8) is 0 Å². The molecule has 9 heteroatoms. The number of allylic oxidation sites excluding steroid dienone is 3. The van der Waals surface area contributed by atoms with Gasteiger partial charge >= 0.3 is 0 Å². The number of unbranched alkanes of at least 4 members (excludes halogenated alkanes) is 20. The van der Waals surface area contributed by atoms with Crippen molar-refractivity contribution in [3.05, 3.63) is 24.3 Å². The highest BCUT2D eigenvalue weighted by Gasteiger charge is 2.23. The van der Waals surface area contributed by atoms with Gasteiger partial charge in [-0.2, -0.15) is 0 Å². The zero-order chi connectivity index (χ0) is 35.8. The van der Waals surface area contributed by atoms with Crippen LogP contribution in [0.15, 0.2) is 24.3 Å². The summed E-state index contributed by atoms with van der Waals surface area (Å²) in [4.78, 5) is 25.0. The van der Waals surface area contributed by atoms with Gasteiger partial charge in [-0.05, 0) is 32.1 Å². The molecule has 1 amide bonds. The van der Waals surface area contributed by atoms with Crippen molar-refractivity contribution in [2.24, 2.45) is 0 Å². The second-order valence-corrected chi connectivity index (χ2v) is 16.0. The van der Waals surface area contributed by atoms with Crippen LogP contribution in [-0.4, -0.2) is 68.5 Å². The zero-order valence-corrected chi connectivity index (χ0v) is 32.8. The van der Waals surface area contributed by atoms with Crippen LogP contribution in [0.1, 0.15) is 168 Å². The largest absolute Gasteiger partial charge is 0.756 e. The summed E-state index contributed by atoms with van der Waals surface area (Å²) in [5.74, 6) is -0.213. The van der Waals surface area contributed by atoms with Gasteiger partial charge in [0.1, 0.15) is 13.2 Å². The summed E-state index contributed by atoms with van der Waals surface area (Å²) in [6, 6.07) is -0.895. The van der Waals surface area contributed by atoms with Gasteiger partial charge in [0.2, 0.25) is 5.91 Å². The predicted octanol–water partition coefficient (Wildman–Crippen LogP) is 9.55. The first-order chi connectivity index (χ1) is 23.0. The molecule has 8 nitrogen and oxygen atoms in total. The topological polar surface area (TPSA) is 108 Å². The van der Waals surface area contributed by atoms with E-state index in [0.717, 1.165) is 38.5 Å². The lowest BCUT2D eigenvalue weighted by Gasteiger charge is -2.29. The number of rotatable bonds is 35. The van der Waals surface area contributed by atoms with Crippen LogP contribution in [0.2, 0.25) is 0 Å². The number of likely N-dealkylation sites (N-methyl/N-ethyl adjacent to an activating group) is 1. The van der Waals surface area contributed by atoms with E-state index in [1.807, 2.05) is 27.2 Å². The molecule has 0 aromatic carbocycles. The third kappa shape index (κ3) is 33.5. The maximum atomic E-state index is 12.7. The number of nitrogens with zero attached hydrogens (tertiary/aromatic N) is 1. The summed E-state index contributed by atoms with van der Waals surface area (Å²) in [5, 5.41) is 13.6. The monoisotopic (exact) mass is 701 g/mol. The average Bonchev–Trinajstić information content (AvgIpc) is 3.02. The lowest BCUT2D eigenvalue weighted by molar-refractivity contribution is -0.870. The molecule has 0 aromatic rings. The molecule has 0 fully saturated rings. The fourth-order valence-corrected chi connectivity index (χ4v) is 6.18. The first-order valence-electron chi connectivity index (χ1n) is 19.7. The molecule has 3 unspecified atom stereocenters. The van der Waals surface area contributed by atoms with Crippen LogP contribution >= 0.6 is 7.82 Å². The molecule has 0 rings (SSSR count). The molecule has 0 saturated carbocycles. The Morgan fingerprint density at radius 3 is 1.69 bits per heavy atom. The number of nitrogens with one attached hydrogen (secondary N) is 1. The van der Waals surface area contributed by atoms with Gasteiger partial charge in [0.15, 0.2) is 0 Å². The van der Waals surface area contributed by atoms with E-state index >= 15 is 0 Å². The van der Waals surface area contributed by atoms with Crippen LogP contribution in [0.3, 0.4) is 0 Å². The van der Waals surface area contributed by atoms with Gasteiger partial charge in [-0.25, -0.2) is 0 Å². The van der Waals surface area contributed by atoms with Crippen LogP contribution in [0, 0.1) is 0 Å². The first-order valence-corrected chi connectivity index (χ1v) is 21.2. The van der Waals surface area contributed by atoms with Gasteiger partial charge in [-0.1, -0.05) is 154 Å². The molecule has 0 spiro atoms. The van der Waals surface area contributed by atoms with Crippen molar-refractivity contribution < 1.29 is 32.9 Å². The quantitative estimate of drug-likeness (QED) is 0.0295. The number of phosphoric ester groups is 1. The molecule has 48 heavy (non-hydrogen) atoms. The van der Waals surface area contributed by atoms with Gasteiger partial charge in [-0.3, -0.25) is 9.36 Å². The maximum absolute atomic E-state index is 12.7. The number of quaternary nitrogens is 1. The molecule has 0 aliphatic carbocycles. The Morgan fingerprint density at radius 1 is 0.708 bits per heavy atom. The summed E-state index contributed by atoms with van der Waals surface area (Å²) in [6.45, 7) is 4.57. The van der Waals surface area contributed by atoms with E-state index in [9.17, 15) is 19.4 Å². The van der Waals surface area contributed by atoms with Crippen molar-refractivity contribution in [2.75, 3.05) is 40.9 Å². The summed E-state index contributed by atoms with van der Waals surface area (Å²) in [6.07, 6.45) is 35.2. The Kier molecular flexibility index (Phi) is 31.2. The fraction of sp³-hybridized carbons (Fsp3) is 0.872. The van der Waals surface area contributed by atoms with E-state index in [0.29, 0.717) is 17.4 Å². The minimum absolute atomic E-state index is 0.00493. The highest BCUT2D eigenvalue weighted by Crippen LogP contribution is 2.38. The smallest absolute Gasteiger partial charge is 0.268 e. The number of phosphoric acid groups is 1. The number of hydrogen-bond acceptors (Lipinski definition) is 6. The first kappa shape index (κ1) is 47.0. The molecule has 284 valence electrons. The number of aliphatic hydroxyl groups is 1. The van der Waals surface area contributed by atoms with Gasteiger partial charge in [0.25, 0.3) is 7.82 Å². The van der Waals surface area contributed by atoms with E-state index in [2.05, 4.69) is 31.3 Å². The number of amides is 1. The second-order valence-electron chi connectivity index (χ2n) is 14.6. The molecule has 0 aliphatic heterocycles. The lowest BCUT2D eigenvalue weighted by atomic mass is 10.0. The molecule has 0 heterocycles. The van der Waals surface area contributed by atoms with Crippen LogP contribution in [-0.2, 0) is 18.4 Å². The van der Waals surface area contributed by atoms with E-state index in [4.69, 9.17) is 9.05 Å². The molecule has 0 bridgehead atoms. The highest BCUT2D eigenvalue weighted by molar-refractivity contribution is 7.45. The van der Waals surface area contributed by atoms with E-state index < -0.39 is 26.6 Å². The number of carbonyl (C=O) groups excluding carboxylic acids is 1. The Hall–Kier alpha value is -1.02. The van der Waals surface area contributed by atoms with Crippen LogP contribution < -0.4 is 10.2 Å². The normalized spacial score (nSPS) is 14.9. The third-order valence-corrected chi connectivity index (χ3v) is 9.63. The molecule has 0 saturated heterocycles. The third-order valence-electron chi connectivity index (χ3n) is 8.66. The van der Waals surface area contributed by atoms with Crippen LogP contribution in [0.5, 0.6) is 0 Å². The maximum Gasteiger partial charge on any atom is 0.268 e. The number of hydrogen-bond donors (Lipinski definition) is 2. The van der Waals surface area contributed by atoms with Crippen molar-refractivity contribution >= 4 is 13.7 Å². The standard InChI is InChI=1S/C39H77N2O6P/c1-6-8-10-12-14-16-17-18-19-20-21-22-23-24-25-26-28-30-32-38(42)37(36-47-48(44,45)46-35-34-41(3,4)5)40-39(43)33-31-29-27-15-13-11-9-7-2/h24-25,30,32,37-38,42H,6-23,26-29,31,33-36H2,1-5H3,(H-,40,43,44,45)/b25-24+,32-30+. The predicted molar refractivity (Wildman–Crippen MR) is 201 cm³/mol. The molecule has 2 N–H and O–H groups in total. The average molecular weight is 701 g/mol. The second kappa shape index (κ2) is 31.9. The van der Waals surface area contributed by atoms with Crippen molar-refractivity contribution in [3.8, 4) is 0 Å². The van der Waals surface area contributed by atoms with Gasteiger partial charge in [-0.15, -0.1) is 0 Å². The molecule has 0 aliphatic rings.